The number of carbonyl (C=O) groups excluding carboxylic acids is 1. The van der Waals surface area contributed by atoms with E-state index in [9.17, 15) is 9.59 Å². The number of aromatic amines is 1. The SMILES string of the molecule is COC(=O)c1ccccc1Nc1c(-c2ccc3nn[nH]c(=O)c3c2)c(C)nn1-c1ccccc1C. The van der Waals surface area contributed by atoms with Crippen molar-refractivity contribution in [1.82, 2.24) is 25.2 Å². The summed E-state index contributed by atoms with van der Waals surface area (Å²) >= 11 is 0. The molecule has 35 heavy (non-hydrogen) atoms. The molecule has 0 bridgehead atoms. The Bertz CT molecular complexity index is 1640. The third-order valence-electron chi connectivity index (χ3n) is 5.83. The fraction of sp³-hybridized carbons (Fsp3) is 0.115. The van der Waals surface area contributed by atoms with Gasteiger partial charge in [-0.2, -0.15) is 5.10 Å². The van der Waals surface area contributed by atoms with Crippen molar-refractivity contribution in [2.75, 3.05) is 12.4 Å². The first-order valence-electron chi connectivity index (χ1n) is 10.9. The molecule has 174 valence electrons. The van der Waals surface area contributed by atoms with Crippen LogP contribution in [0.1, 0.15) is 21.6 Å². The monoisotopic (exact) mass is 466 g/mol. The lowest BCUT2D eigenvalue weighted by molar-refractivity contribution is 0.0602. The Balaban J connectivity index is 1.77. The molecule has 0 saturated carbocycles. The van der Waals surface area contributed by atoms with Crippen molar-refractivity contribution in [2.24, 2.45) is 0 Å². The van der Waals surface area contributed by atoms with Crippen molar-refractivity contribution < 1.29 is 9.53 Å². The average molecular weight is 467 g/mol. The number of ether oxygens (including phenoxy) is 1. The van der Waals surface area contributed by atoms with Crippen LogP contribution in [0.5, 0.6) is 0 Å². The lowest BCUT2D eigenvalue weighted by Crippen LogP contribution is -2.10. The number of methoxy groups -OCH3 is 1. The fourth-order valence-corrected chi connectivity index (χ4v) is 4.12. The number of fused-ring (bicyclic) bond motifs is 1. The van der Waals surface area contributed by atoms with Crippen LogP contribution < -0.4 is 10.9 Å². The van der Waals surface area contributed by atoms with E-state index >= 15 is 0 Å². The molecule has 2 heterocycles. The lowest BCUT2D eigenvalue weighted by Gasteiger charge is -2.16. The first kappa shape index (κ1) is 22.0. The number of hydrogen-bond donors (Lipinski definition) is 2. The molecule has 0 amide bonds. The van der Waals surface area contributed by atoms with Crippen LogP contribution in [0.3, 0.4) is 0 Å². The van der Waals surface area contributed by atoms with Gasteiger partial charge in [0, 0.05) is 5.56 Å². The fourth-order valence-electron chi connectivity index (χ4n) is 4.12. The standard InChI is InChI=1S/C26H22N6O3/c1-15-8-4-7-11-22(15)32-24(27-20-10-6-5-9-18(20)26(34)35-3)23(16(2)30-32)17-12-13-21-19(14-17)25(33)29-31-28-21/h4-14,27H,1-3H3,(H,28,29,33). The highest BCUT2D eigenvalue weighted by Gasteiger charge is 2.22. The van der Waals surface area contributed by atoms with E-state index in [0.29, 0.717) is 28.0 Å². The van der Waals surface area contributed by atoms with Gasteiger partial charge in [-0.1, -0.05) is 41.6 Å². The van der Waals surface area contributed by atoms with Gasteiger partial charge in [-0.3, -0.25) is 4.79 Å². The number of rotatable bonds is 5. The topological polar surface area (TPSA) is 115 Å². The average Bonchev–Trinajstić information content (AvgIpc) is 3.19. The van der Waals surface area contributed by atoms with Crippen LogP contribution >= 0.6 is 0 Å². The molecule has 9 heteroatoms. The van der Waals surface area contributed by atoms with E-state index in [1.807, 2.05) is 54.9 Å². The van der Waals surface area contributed by atoms with Crippen LogP contribution in [0.4, 0.5) is 11.5 Å². The smallest absolute Gasteiger partial charge is 0.339 e. The van der Waals surface area contributed by atoms with Crippen LogP contribution in [-0.4, -0.2) is 38.3 Å². The van der Waals surface area contributed by atoms with Crippen molar-refractivity contribution in [3.63, 3.8) is 0 Å². The number of nitrogens with zero attached hydrogens (tertiary/aromatic N) is 4. The molecule has 0 saturated heterocycles. The Kier molecular flexibility index (Phi) is 5.58. The van der Waals surface area contributed by atoms with Crippen LogP contribution in [0.2, 0.25) is 0 Å². The maximum atomic E-state index is 12.4. The Morgan fingerprint density at radius 2 is 1.80 bits per heavy atom. The molecule has 9 nitrogen and oxygen atoms in total. The molecule has 0 aliphatic heterocycles. The van der Waals surface area contributed by atoms with Gasteiger partial charge in [-0.05, 0) is 55.3 Å². The van der Waals surface area contributed by atoms with E-state index in [1.165, 1.54) is 7.11 Å². The largest absolute Gasteiger partial charge is 0.465 e. The van der Waals surface area contributed by atoms with E-state index in [-0.39, 0.29) is 5.56 Å². The number of benzene rings is 3. The van der Waals surface area contributed by atoms with Gasteiger partial charge in [0.05, 0.1) is 35.1 Å². The molecular weight excluding hydrogens is 444 g/mol. The zero-order valence-electron chi connectivity index (χ0n) is 19.4. The highest BCUT2D eigenvalue weighted by molar-refractivity contribution is 5.97. The van der Waals surface area contributed by atoms with Crippen molar-refractivity contribution in [3.8, 4) is 16.8 Å². The third-order valence-corrected chi connectivity index (χ3v) is 5.83. The van der Waals surface area contributed by atoms with Gasteiger partial charge in [0.15, 0.2) is 0 Å². The summed E-state index contributed by atoms with van der Waals surface area (Å²) in [4.78, 5) is 24.8. The van der Waals surface area contributed by atoms with Crippen molar-refractivity contribution in [2.45, 2.75) is 13.8 Å². The minimum Gasteiger partial charge on any atom is -0.465 e. The number of esters is 1. The van der Waals surface area contributed by atoms with Crippen LogP contribution in [0.15, 0.2) is 71.5 Å². The number of aryl methyl sites for hydroxylation is 2. The summed E-state index contributed by atoms with van der Waals surface area (Å²) in [5.74, 6) is 0.190. The molecule has 0 aliphatic rings. The van der Waals surface area contributed by atoms with E-state index in [4.69, 9.17) is 9.84 Å². The molecular formula is C26H22N6O3. The van der Waals surface area contributed by atoms with Gasteiger partial charge in [0.25, 0.3) is 5.56 Å². The number of H-pyrrole nitrogens is 1. The summed E-state index contributed by atoms with van der Waals surface area (Å²) in [7, 11) is 1.35. The maximum Gasteiger partial charge on any atom is 0.339 e. The number of hydrogen-bond acceptors (Lipinski definition) is 7. The Morgan fingerprint density at radius 1 is 1.03 bits per heavy atom. The Hall–Kier alpha value is -4.79. The van der Waals surface area contributed by atoms with Crippen LogP contribution in [-0.2, 0) is 4.74 Å². The summed E-state index contributed by atoms with van der Waals surface area (Å²) in [6.07, 6.45) is 0. The van der Waals surface area contributed by atoms with Crippen molar-refractivity contribution in [1.29, 1.82) is 0 Å². The van der Waals surface area contributed by atoms with Gasteiger partial charge in [-0.25, -0.2) is 14.6 Å². The first-order valence-corrected chi connectivity index (χ1v) is 10.9. The van der Waals surface area contributed by atoms with Gasteiger partial charge >= 0.3 is 5.97 Å². The number of nitrogens with one attached hydrogen (secondary N) is 2. The van der Waals surface area contributed by atoms with Crippen LogP contribution in [0, 0.1) is 13.8 Å². The normalized spacial score (nSPS) is 10.9. The minimum absolute atomic E-state index is 0.327. The molecule has 0 radical (unpaired) electrons. The quantitative estimate of drug-likeness (QED) is 0.371. The summed E-state index contributed by atoms with van der Waals surface area (Å²) in [6, 6.07) is 20.4. The van der Waals surface area contributed by atoms with Crippen molar-refractivity contribution in [3.05, 3.63) is 93.9 Å². The molecule has 0 unspecified atom stereocenters. The zero-order valence-corrected chi connectivity index (χ0v) is 19.4. The van der Waals surface area contributed by atoms with Crippen LogP contribution in [0.25, 0.3) is 27.7 Å². The maximum absolute atomic E-state index is 12.4. The summed E-state index contributed by atoms with van der Waals surface area (Å²) < 4.78 is 6.79. The van der Waals surface area contributed by atoms with E-state index in [2.05, 4.69) is 20.7 Å². The highest BCUT2D eigenvalue weighted by Crippen LogP contribution is 2.37. The predicted octanol–water partition coefficient (Wildman–Crippen LogP) is 4.32. The van der Waals surface area contributed by atoms with Gasteiger partial charge < -0.3 is 10.1 Å². The first-order chi connectivity index (χ1) is 17.0. The Morgan fingerprint density at radius 3 is 2.60 bits per heavy atom. The summed E-state index contributed by atoms with van der Waals surface area (Å²) in [5.41, 5.74) is 5.32. The third kappa shape index (κ3) is 3.93. The van der Waals surface area contributed by atoms with Gasteiger partial charge in [0.1, 0.15) is 11.3 Å². The summed E-state index contributed by atoms with van der Waals surface area (Å²) in [5, 5.41) is 18.7. The zero-order chi connectivity index (χ0) is 24.5. The molecule has 5 rings (SSSR count). The van der Waals surface area contributed by atoms with Gasteiger partial charge in [0.2, 0.25) is 0 Å². The lowest BCUT2D eigenvalue weighted by atomic mass is 10.0. The molecule has 3 aromatic carbocycles. The Labute approximate surface area is 200 Å². The van der Waals surface area contributed by atoms with Gasteiger partial charge in [-0.15, -0.1) is 5.10 Å². The molecule has 5 aromatic rings. The van der Waals surface area contributed by atoms with E-state index < -0.39 is 5.97 Å². The number of aromatic nitrogens is 5. The van der Waals surface area contributed by atoms with E-state index in [1.54, 1.807) is 30.3 Å². The number of carbonyl (C=O) groups is 1. The second-order valence-corrected chi connectivity index (χ2v) is 8.04. The van der Waals surface area contributed by atoms with Crippen molar-refractivity contribution >= 4 is 28.4 Å². The molecule has 0 fully saturated rings. The number of para-hydroxylation sites is 2. The molecule has 0 spiro atoms. The number of anilines is 2. The second-order valence-electron chi connectivity index (χ2n) is 8.04. The summed E-state index contributed by atoms with van der Waals surface area (Å²) in [6.45, 7) is 3.91. The molecule has 2 aromatic heterocycles. The molecule has 0 aliphatic carbocycles. The van der Waals surface area contributed by atoms with E-state index in [0.717, 1.165) is 28.1 Å². The minimum atomic E-state index is -0.454. The second kappa shape index (κ2) is 8.86. The predicted molar refractivity (Wildman–Crippen MR) is 133 cm³/mol. The highest BCUT2D eigenvalue weighted by atomic mass is 16.5. The molecule has 2 N–H and O–H groups in total. The molecule has 0 atom stereocenters.